The smallest absolute Gasteiger partial charge is 0.218 e. The molecule has 1 N–H and O–H groups in total. The van der Waals surface area contributed by atoms with Crippen molar-refractivity contribution >= 4 is 5.82 Å². The van der Waals surface area contributed by atoms with E-state index in [2.05, 4.69) is 27.2 Å². The first-order valence-electron chi connectivity index (χ1n) is 8.12. The van der Waals surface area contributed by atoms with Gasteiger partial charge in [-0.1, -0.05) is 6.42 Å². The summed E-state index contributed by atoms with van der Waals surface area (Å²) in [5.74, 6) is 2.33. The summed E-state index contributed by atoms with van der Waals surface area (Å²) < 4.78 is 5.51. The Labute approximate surface area is 127 Å². The van der Waals surface area contributed by atoms with Gasteiger partial charge in [0.05, 0.1) is 6.61 Å². The van der Waals surface area contributed by atoms with Crippen molar-refractivity contribution in [2.45, 2.75) is 64.1 Å². The summed E-state index contributed by atoms with van der Waals surface area (Å²) in [7, 11) is 2.28. The Bertz CT molecular complexity index is 479. The molecule has 116 valence electrons. The zero-order valence-corrected chi connectivity index (χ0v) is 13.3. The zero-order valence-electron chi connectivity index (χ0n) is 13.3. The van der Waals surface area contributed by atoms with Gasteiger partial charge in [0.2, 0.25) is 5.88 Å². The van der Waals surface area contributed by atoms with E-state index in [4.69, 9.17) is 4.74 Å². The van der Waals surface area contributed by atoms with E-state index in [0.29, 0.717) is 18.5 Å². The van der Waals surface area contributed by atoms with E-state index in [1.807, 2.05) is 19.9 Å². The highest BCUT2D eigenvalue weighted by atomic mass is 16.5. The van der Waals surface area contributed by atoms with Gasteiger partial charge in [-0.3, -0.25) is 0 Å². The average molecular weight is 290 g/mol. The van der Waals surface area contributed by atoms with Crippen molar-refractivity contribution in [3.8, 4) is 5.88 Å². The number of hydrogen-bond acceptors (Lipinski definition) is 5. The molecular weight excluding hydrogens is 264 g/mol. The maximum Gasteiger partial charge on any atom is 0.218 e. The molecule has 2 aliphatic rings. The van der Waals surface area contributed by atoms with Gasteiger partial charge in [-0.25, -0.2) is 4.98 Å². The highest BCUT2D eigenvalue weighted by Crippen LogP contribution is 2.33. The van der Waals surface area contributed by atoms with Crippen LogP contribution in [0.3, 0.4) is 0 Å². The SMILES string of the molecule is CCOc1cc(NC2CC3CCCC(C2)N3C)nc(C)n1. The molecular formula is C16H26N4O. The minimum Gasteiger partial charge on any atom is -0.478 e. The number of aryl methyl sites for hydroxylation is 1. The van der Waals surface area contributed by atoms with Gasteiger partial charge in [0.1, 0.15) is 11.6 Å². The summed E-state index contributed by atoms with van der Waals surface area (Å²) in [6.45, 7) is 4.52. The number of aromatic nitrogens is 2. The lowest BCUT2D eigenvalue weighted by molar-refractivity contribution is 0.0608. The van der Waals surface area contributed by atoms with Crippen molar-refractivity contribution in [1.82, 2.24) is 14.9 Å². The molecule has 0 spiro atoms. The van der Waals surface area contributed by atoms with E-state index in [0.717, 1.165) is 23.7 Å². The average Bonchev–Trinajstić information content (AvgIpc) is 2.39. The molecule has 5 nitrogen and oxygen atoms in total. The molecule has 0 amide bonds. The number of nitrogens with one attached hydrogen (secondary N) is 1. The van der Waals surface area contributed by atoms with Crippen LogP contribution < -0.4 is 10.1 Å². The number of fused-ring (bicyclic) bond motifs is 2. The Kier molecular flexibility index (Phi) is 4.29. The Morgan fingerprint density at radius 3 is 2.67 bits per heavy atom. The van der Waals surface area contributed by atoms with Gasteiger partial charge in [-0.2, -0.15) is 4.98 Å². The van der Waals surface area contributed by atoms with Gasteiger partial charge in [-0.15, -0.1) is 0 Å². The van der Waals surface area contributed by atoms with E-state index in [1.165, 1.54) is 32.1 Å². The zero-order chi connectivity index (χ0) is 14.8. The fraction of sp³-hybridized carbons (Fsp3) is 0.750. The van der Waals surface area contributed by atoms with Crippen molar-refractivity contribution in [3.63, 3.8) is 0 Å². The highest BCUT2D eigenvalue weighted by molar-refractivity contribution is 5.39. The quantitative estimate of drug-likeness (QED) is 0.923. The summed E-state index contributed by atoms with van der Waals surface area (Å²) in [6, 6.07) is 3.89. The predicted octanol–water partition coefficient (Wildman–Crippen LogP) is 2.61. The Hall–Kier alpha value is -1.36. The van der Waals surface area contributed by atoms with Crippen molar-refractivity contribution in [2.24, 2.45) is 0 Å². The Balaban J connectivity index is 1.69. The molecule has 1 aromatic heterocycles. The molecule has 2 unspecified atom stereocenters. The third-order valence-electron chi connectivity index (χ3n) is 4.80. The Morgan fingerprint density at radius 2 is 2.00 bits per heavy atom. The lowest BCUT2D eigenvalue weighted by Gasteiger charge is -2.47. The number of ether oxygens (including phenoxy) is 1. The molecule has 2 aliphatic heterocycles. The normalized spacial score (nSPS) is 29.2. The molecule has 21 heavy (non-hydrogen) atoms. The lowest BCUT2D eigenvalue weighted by atomic mass is 9.82. The molecule has 0 aromatic carbocycles. The molecule has 2 saturated heterocycles. The number of nitrogens with zero attached hydrogens (tertiary/aromatic N) is 3. The van der Waals surface area contributed by atoms with Crippen molar-refractivity contribution in [3.05, 3.63) is 11.9 Å². The van der Waals surface area contributed by atoms with E-state index in [1.54, 1.807) is 0 Å². The standard InChI is InChI=1S/C16H26N4O/c1-4-21-16-10-15(17-11(2)18-16)19-12-8-13-6-5-7-14(9-12)20(13)3/h10,12-14H,4-9H2,1-3H3,(H,17,18,19). The highest BCUT2D eigenvalue weighted by Gasteiger charge is 2.35. The summed E-state index contributed by atoms with van der Waals surface area (Å²) in [6.07, 6.45) is 6.46. The van der Waals surface area contributed by atoms with Crippen LogP contribution in [-0.4, -0.2) is 46.6 Å². The van der Waals surface area contributed by atoms with Gasteiger partial charge in [0.15, 0.2) is 0 Å². The first kappa shape index (κ1) is 14.6. The molecule has 0 aliphatic carbocycles. The van der Waals surface area contributed by atoms with Crippen molar-refractivity contribution in [1.29, 1.82) is 0 Å². The molecule has 0 saturated carbocycles. The number of piperidine rings is 2. The van der Waals surface area contributed by atoms with E-state index in [-0.39, 0.29) is 0 Å². The van der Waals surface area contributed by atoms with Crippen LogP contribution in [0.15, 0.2) is 6.07 Å². The molecule has 3 heterocycles. The number of hydrogen-bond donors (Lipinski definition) is 1. The number of rotatable bonds is 4. The summed E-state index contributed by atoms with van der Waals surface area (Å²) in [4.78, 5) is 11.4. The van der Waals surface area contributed by atoms with Crippen LogP contribution in [0.2, 0.25) is 0 Å². The number of anilines is 1. The van der Waals surface area contributed by atoms with E-state index >= 15 is 0 Å². The first-order chi connectivity index (χ1) is 10.2. The summed E-state index contributed by atoms with van der Waals surface area (Å²) in [5.41, 5.74) is 0. The molecule has 2 atom stereocenters. The minimum absolute atomic E-state index is 0.514. The monoisotopic (exact) mass is 290 g/mol. The van der Waals surface area contributed by atoms with Crippen LogP contribution >= 0.6 is 0 Å². The molecule has 5 heteroatoms. The summed E-state index contributed by atoms with van der Waals surface area (Å²) >= 11 is 0. The first-order valence-corrected chi connectivity index (χ1v) is 8.12. The van der Waals surface area contributed by atoms with Crippen LogP contribution in [0.25, 0.3) is 0 Å². The topological polar surface area (TPSA) is 50.3 Å². The van der Waals surface area contributed by atoms with Gasteiger partial charge in [0.25, 0.3) is 0 Å². The maximum atomic E-state index is 5.51. The predicted molar refractivity (Wildman–Crippen MR) is 83.8 cm³/mol. The van der Waals surface area contributed by atoms with Crippen molar-refractivity contribution in [2.75, 3.05) is 19.0 Å². The van der Waals surface area contributed by atoms with Crippen LogP contribution in [0.4, 0.5) is 5.82 Å². The molecule has 0 radical (unpaired) electrons. The minimum atomic E-state index is 0.514. The Morgan fingerprint density at radius 1 is 1.29 bits per heavy atom. The molecule has 2 fully saturated rings. The van der Waals surface area contributed by atoms with E-state index in [9.17, 15) is 0 Å². The van der Waals surface area contributed by atoms with E-state index < -0.39 is 0 Å². The second-order valence-corrected chi connectivity index (χ2v) is 6.29. The summed E-state index contributed by atoms with van der Waals surface area (Å²) in [5, 5.41) is 3.61. The molecule has 1 aromatic rings. The van der Waals surface area contributed by atoms with Gasteiger partial charge < -0.3 is 15.0 Å². The third-order valence-corrected chi connectivity index (χ3v) is 4.80. The molecule has 3 rings (SSSR count). The second kappa shape index (κ2) is 6.18. The van der Waals surface area contributed by atoms with Gasteiger partial charge in [0, 0.05) is 24.2 Å². The maximum absolute atomic E-state index is 5.51. The second-order valence-electron chi connectivity index (χ2n) is 6.29. The van der Waals surface area contributed by atoms with Crippen LogP contribution in [-0.2, 0) is 0 Å². The third kappa shape index (κ3) is 3.28. The van der Waals surface area contributed by atoms with Crippen LogP contribution in [0, 0.1) is 6.92 Å². The molecule has 2 bridgehead atoms. The largest absolute Gasteiger partial charge is 0.478 e. The fourth-order valence-electron chi connectivity index (χ4n) is 3.78. The van der Waals surface area contributed by atoms with Crippen LogP contribution in [0.1, 0.15) is 44.9 Å². The lowest BCUT2D eigenvalue weighted by Crippen LogP contribution is -2.52. The van der Waals surface area contributed by atoms with Gasteiger partial charge in [-0.05, 0) is 46.6 Å². The van der Waals surface area contributed by atoms with Gasteiger partial charge >= 0.3 is 0 Å². The van der Waals surface area contributed by atoms with Crippen LogP contribution in [0.5, 0.6) is 5.88 Å². The van der Waals surface area contributed by atoms with Crippen molar-refractivity contribution < 1.29 is 4.74 Å². The fourth-order valence-corrected chi connectivity index (χ4v) is 3.78.